The maximum Gasteiger partial charge on any atom is 0.274 e. The normalized spacial score (nSPS) is 26.2. The summed E-state index contributed by atoms with van der Waals surface area (Å²) in [4.78, 5) is 12.8. The Labute approximate surface area is 147 Å². The van der Waals surface area contributed by atoms with E-state index < -0.39 is 17.4 Å². The molecule has 0 spiro atoms. The van der Waals surface area contributed by atoms with E-state index in [-0.39, 0.29) is 22.6 Å². The summed E-state index contributed by atoms with van der Waals surface area (Å²) in [6.07, 6.45) is 1.07. The van der Waals surface area contributed by atoms with Crippen molar-refractivity contribution in [3.05, 3.63) is 23.8 Å². The number of carbonyl (C=O) groups excluding carboxylic acids is 1. The number of amides is 1. The average molecular weight is 355 g/mol. The predicted molar refractivity (Wildman–Crippen MR) is 92.9 cm³/mol. The maximum atomic E-state index is 13.8. The smallest absolute Gasteiger partial charge is 0.274 e. The summed E-state index contributed by atoms with van der Waals surface area (Å²) >= 11 is 0. The number of carbonyl (C=O) groups is 1. The van der Waals surface area contributed by atoms with Crippen LogP contribution in [0.2, 0.25) is 0 Å². The number of aliphatic hydroxyl groups is 1. The Hall–Kier alpha value is -1.69. The first-order valence-electron chi connectivity index (χ1n) is 8.42. The highest BCUT2D eigenvalue weighted by Crippen LogP contribution is 2.47. The molecule has 1 aliphatic rings. The molecule has 0 heterocycles. The van der Waals surface area contributed by atoms with Crippen molar-refractivity contribution < 1.29 is 23.4 Å². The van der Waals surface area contributed by atoms with Gasteiger partial charge in [0.1, 0.15) is 5.75 Å². The van der Waals surface area contributed by atoms with Gasteiger partial charge in [-0.05, 0) is 42.9 Å². The van der Waals surface area contributed by atoms with Crippen molar-refractivity contribution in [2.75, 3.05) is 12.4 Å². The molecule has 140 valence electrons. The topological polar surface area (TPSA) is 58.6 Å². The molecule has 1 aromatic carbocycles. The lowest BCUT2D eigenvalue weighted by atomic mass is 9.63. The molecule has 4 nitrogen and oxygen atoms in total. The van der Waals surface area contributed by atoms with Gasteiger partial charge in [-0.15, -0.1) is 0 Å². The summed E-state index contributed by atoms with van der Waals surface area (Å²) < 4.78 is 32.5. The van der Waals surface area contributed by atoms with Crippen LogP contribution in [0.25, 0.3) is 0 Å². The molecule has 1 amide bonds. The third kappa shape index (κ3) is 4.48. The minimum Gasteiger partial charge on any atom is -0.496 e. The zero-order valence-electron chi connectivity index (χ0n) is 15.5. The Balaban J connectivity index is 2.26. The zero-order valence-corrected chi connectivity index (χ0v) is 15.5. The fourth-order valence-corrected chi connectivity index (χ4v) is 4.01. The van der Waals surface area contributed by atoms with Crippen LogP contribution in [0.5, 0.6) is 5.75 Å². The van der Waals surface area contributed by atoms with Gasteiger partial charge in [-0.25, -0.2) is 8.78 Å². The molecule has 2 N–H and O–H groups in total. The molecule has 0 bridgehead atoms. The number of alkyl halides is 2. The van der Waals surface area contributed by atoms with Gasteiger partial charge in [-0.3, -0.25) is 4.79 Å². The molecule has 2 rings (SSSR count). The van der Waals surface area contributed by atoms with E-state index in [4.69, 9.17) is 4.74 Å². The van der Waals surface area contributed by atoms with Crippen LogP contribution in [0, 0.1) is 10.8 Å². The van der Waals surface area contributed by atoms with E-state index in [2.05, 4.69) is 5.32 Å². The number of methoxy groups -OCH3 is 1. The molecular weight excluding hydrogens is 328 g/mol. The molecule has 6 heteroatoms. The van der Waals surface area contributed by atoms with Gasteiger partial charge in [0, 0.05) is 18.0 Å². The van der Waals surface area contributed by atoms with Crippen molar-refractivity contribution in [1.29, 1.82) is 0 Å². The Kier molecular flexibility index (Phi) is 5.15. The Morgan fingerprint density at radius 2 is 1.96 bits per heavy atom. The van der Waals surface area contributed by atoms with E-state index in [1.54, 1.807) is 6.07 Å². The lowest BCUT2D eigenvalue weighted by Gasteiger charge is -2.44. The highest BCUT2D eigenvalue weighted by molar-refractivity contribution is 5.95. The molecule has 0 aliphatic heterocycles. The quantitative estimate of drug-likeness (QED) is 0.845. The molecule has 1 aromatic rings. The third-order valence-electron chi connectivity index (χ3n) is 4.82. The Morgan fingerprint density at radius 3 is 2.48 bits per heavy atom. The molecule has 0 saturated heterocycles. The number of hydrogen-bond donors (Lipinski definition) is 2. The minimum atomic E-state index is -3.08. The summed E-state index contributed by atoms with van der Waals surface area (Å²) in [7, 11) is 1.33. The van der Waals surface area contributed by atoms with Crippen LogP contribution in [0.3, 0.4) is 0 Å². The third-order valence-corrected chi connectivity index (χ3v) is 4.82. The molecule has 1 fully saturated rings. The van der Waals surface area contributed by atoms with Crippen LogP contribution in [0.15, 0.2) is 18.2 Å². The van der Waals surface area contributed by atoms with Crippen LogP contribution in [-0.2, 0) is 10.7 Å². The second kappa shape index (κ2) is 6.56. The lowest BCUT2D eigenvalue weighted by Crippen LogP contribution is -2.45. The number of ether oxygens (including phenoxy) is 1. The van der Waals surface area contributed by atoms with Gasteiger partial charge in [0.05, 0.1) is 18.8 Å². The first kappa shape index (κ1) is 19.6. The first-order valence-corrected chi connectivity index (χ1v) is 8.42. The van der Waals surface area contributed by atoms with Crippen LogP contribution >= 0.6 is 0 Å². The summed E-state index contributed by atoms with van der Waals surface area (Å²) in [6, 6.07) is 4.20. The summed E-state index contributed by atoms with van der Waals surface area (Å²) in [5.41, 5.74) is -0.898. The number of hydrogen-bond acceptors (Lipinski definition) is 3. The van der Waals surface area contributed by atoms with Gasteiger partial charge >= 0.3 is 0 Å². The highest BCUT2D eigenvalue weighted by Gasteiger charge is 2.45. The molecule has 0 aromatic heterocycles. The second-order valence-electron chi connectivity index (χ2n) is 8.22. The van der Waals surface area contributed by atoms with Crippen molar-refractivity contribution in [2.24, 2.45) is 10.8 Å². The summed E-state index contributed by atoms with van der Waals surface area (Å²) in [5.74, 6) is -3.28. The van der Waals surface area contributed by atoms with Crippen molar-refractivity contribution >= 4 is 11.6 Å². The molecule has 1 saturated carbocycles. The highest BCUT2D eigenvalue weighted by atomic mass is 19.3. The number of rotatable bonds is 4. The van der Waals surface area contributed by atoms with Crippen LogP contribution in [0.4, 0.5) is 14.5 Å². The predicted octanol–water partition coefficient (Wildman–Crippen LogP) is 4.32. The monoisotopic (exact) mass is 355 g/mol. The fraction of sp³-hybridized carbons (Fsp3) is 0.632. The van der Waals surface area contributed by atoms with E-state index >= 15 is 0 Å². The Bertz CT molecular complexity index is 655. The van der Waals surface area contributed by atoms with Crippen molar-refractivity contribution in [3.63, 3.8) is 0 Å². The number of halogens is 2. The standard InChI is InChI=1S/C19H27F2NO3/c1-17(2)9-13(23)10-18(3,11-17)16(24)22-12-6-7-15(25-5)14(8-12)19(4,20)21/h6-8,13,23H,9-11H2,1-5H3,(H,22,24). The molecule has 1 aliphatic carbocycles. The van der Waals surface area contributed by atoms with E-state index in [0.29, 0.717) is 24.9 Å². The molecule has 0 radical (unpaired) electrons. The maximum absolute atomic E-state index is 13.8. The van der Waals surface area contributed by atoms with Gasteiger partial charge in [-0.1, -0.05) is 20.8 Å². The number of aliphatic hydroxyl groups excluding tert-OH is 1. The summed E-state index contributed by atoms with van der Waals surface area (Å²) in [5, 5.41) is 12.9. The van der Waals surface area contributed by atoms with Gasteiger partial charge in [0.15, 0.2) is 0 Å². The lowest BCUT2D eigenvalue weighted by molar-refractivity contribution is -0.132. The fourth-order valence-electron chi connectivity index (χ4n) is 4.01. The minimum absolute atomic E-state index is 0.0749. The second-order valence-corrected chi connectivity index (χ2v) is 8.22. The SMILES string of the molecule is COc1ccc(NC(=O)C2(C)CC(O)CC(C)(C)C2)cc1C(C)(F)F. The largest absolute Gasteiger partial charge is 0.496 e. The van der Waals surface area contributed by atoms with Crippen LogP contribution < -0.4 is 10.1 Å². The van der Waals surface area contributed by atoms with Crippen molar-refractivity contribution in [2.45, 2.75) is 59.0 Å². The zero-order chi connectivity index (χ0) is 19.0. The van der Waals surface area contributed by atoms with E-state index in [9.17, 15) is 18.7 Å². The molecule has 2 atom stereocenters. The van der Waals surface area contributed by atoms with E-state index in [1.165, 1.54) is 19.2 Å². The molecule has 25 heavy (non-hydrogen) atoms. The van der Waals surface area contributed by atoms with Gasteiger partial charge in [0.2, 0.25) is 5.91 Å². The molecule has 2 unspecified atom stereocenters. The van der Waals surface area contributed by atoms with Gasteiger partial charge in [0.25, 0.3) is 5.92 Å². The van der Waals surface area contributed by atoms with E-state index in [1.807, 2.05) is 20.8 Å². The Morgan fingerprint density at radius 1 is 1.32 bits per heavy atom. The average Bonchev–Trinajstić information content (AvgIpc) is 2.43. The van der Waals surface area contributed by atoms with Crippen LogP contribution in [-0.4, -0.2) is 24.2 Å². The van der Waals surface area contributed by atoms with E-state index in [0.717, 1.165) is 6.92 Å². The van der Waals surface area contributed by atoms with Crippen molar-refractivity contribution in [1.82, 2.24) is 0 Å². The first-order chi connectivity index (χ1) is 11.4. The molecular formula is C19H27F2NO3. The number of anilines is 1. The van der Waals surface area contributed by atoms with Crippen LogP contribution in [0.1, 0.15) is 52.5 Å². The summed E-state index contributed by atoms with van der Waals surface area (Å²) in [6.45, 7) is 6.64. The van der Waals surface area contributed by atoms with Crippen molar-refractivity contribution in [3.8, 4) is 5.75 Å². The van der Waals surface area contributed by atoms with Gasteiger partial charge in [-0.2, -0.15) is 0 Å². The van der Waals surface area contributed by atoms with Gasteiger partial charge < -0.3 is 15.2 Å². The number of nitrogens with one attached hydrogen (secondary N) is 1. The number of benzene rings is 1.